The number of ether oxygens (including phenoxy) is 3. The Hall–Kier alpha value is -3.53. The van der Waals surface area contributed by atoms with Gasteiger partial charge in [-0.1, -0.05) is 6.07 Å². The summed E-state index contributed by atoms with van der Waals surface area (Å²) in [6.45, 7) is 0. The maximum absolute atomic E-state index is 13.1. The predicted molar refractivity (Wildman–Crippen MR) is 114 cm³/mol. The lowest BCUT2D eigenvalue weighted by molar-refractivity contribution is 0.102. The number of carbonyl (C=O) groups excluding carboxylic acids is 1. The van der Waals surface area contributed by atoms with Crippen molar-refractivity contribution in [1.82, 2.24) is 9.78 Å². The van der Waals surface area contributed by atoms with Gasteiger partial charge in [-0.2, -0.15) is 5.10 Å². The zero-order valence-electron chi connectivity index (χ0n) is 17.2. The molecule has 9 nitrogen and oxygen atoms in total. The average Bonchev–Trinajstić information content (AvgIpc) is 3.25. The van der Waals surface area contributed by atoms with Crippen LogP contribution in [0.25, 0.3) is 5.69 Å². The van der Waals surface area contributed by atoms with Crippen molar-refractivity contribution in [2.24, 2.45) is 0 Å². The van der Waals surface area contributed by atoms with Crippen LogP contribution in [0, 0.1) is 0 Å². The van der Waals surface area contributed by atoms with E-state index in [9.17, 15) is 13.2 Å². The number of carbonyl (C=O) groups is 1. The highest BCUT2D eigenvalue weighted by Crippen LogP contribution is 2.35. The van der Waals surface area contributed by atoms with E-state index in [0.29, 0.717) is 34.3 Å². The maximum Gasteiger partial charge on any atom is 0.260 e. The number of fused-ring (bicyclic) bond motifs is 1. The van der Waals surface area contributed by atoms with Crippen molar-refractivity contribution in [1.29, 1.82) is 0 Å². The monoisotopic (exact) mass is 443 g/mol. The highest BCUT2D eigenvalue weighted by atomic mass is 32.2. The Morgan fingerprint density at radius 2 is 1.74 bits per heavy atom. The number of nitrogens with zero attached hydrogens (tertiary/aromatic N) is 2. The topological polar surface area (TPSA) is 109 Å². The summed E-state index contributed by atoms with van der Waals surface area (Å²) < 4.78 is 41.7. The summed E-state index contributed by atoms with van der Waals surface area (Å²) in [6.07, 6.45) is 0. The molecule has 0 aliphatic carbocycles. The molecule has 0 unspecified atom stereocenters. The summed E-state index contributed by atoms with van der Waals surface area (Å²) in [5.41, 5.74) is 1.80. The van der Waals surface area contributed by atoms with E-state index in [1.165, 1.54) is 18.9 Å². The van der Waals surface area contributed by atoms with Crippen LogP contribution in [0.2, 0.25) is 0 Å². The van der Waals surface area contributed by atoms with Crippen molar-refractivity contribution in [3.63, 3.8) is 0 Å². The summed E-state index contributed by atoms with van der Waals surface area (Å²) in [7, 11) is 1.18. The largest absolute Gasteiger partial charge is 0.497 e. The molecule has 1 aromatic heterocycles. The Balaban J connectivity index is 1.78. The van der Waals surface area contributed by atoms with Gasteiger partial charge in [-0.15, -0.1) is 0 Å². The number of amides is 1. The zero-order chi connectivity index (χ0) is 22.2. The molecule has 2 heterocycles. The van der Waals surface area contributed by atoms with E-state index in [0.717, 1.165) is 0 Å². The molecule has 0 radical (unpaired) electrons. The quantitative estimate of drug-likeness (QED) is 0.624. The lowest BCUT2D eigenvalue weighted by Crippen LogP contribution is -2.18. The number of hydrogen-bond acceptors (Lipinski definition) is 7. The van der Waals surface area contributed by atoms with Gasteiger partial charge in [0, 0.05) is 5.56 Å². The van der Waals surface area contributed by atoms with Crippen molar-refractivity contribution >= 4 is 21.6 Å². The first-order valence-corrected chi connectivity index (χ1v) is 11.2. The van der Waals surface area contributed by atoms with Crippen LogP contribution in [0.4, 0.5) is 5.82 Å². The molecule has 1 aliphatic rings. The summed E-state index contributed by atoms with van der Waals surface area (Å²) in [5.74, 6) is 0.820. The highest BCUT2D eigenvalue weighted by molar-refractivity contribution is 7.90. The lowest BCUT2D eigenvalue weighted by atomic mass is 10.1. The van der Waals surface area contributed by atoms with Gasteiger partial charge in [-0.05, 0) is 36.4 Å². The molecule has 2 aromatic carbocycles. The minimum atomic E-state index is -3.31. The zero-order valence-corrected chi connectivity index (χ0v) is 18.0. The molecule has 4 rings (SSSR count). The van der Waals surface area contributed by atoms with Gasteiger partial charge in [0.25, 0.3) is 5.91 Å². The van der Waals surface area contributed by atoms with Gasteiger partial charge >= 0.3 is 0 Å². The molecular weight excluding hydrogens is 422 g/mol. The molecule has 162 valence electrons. The Bertz CT molecular complexity index is 1250. The first-order chi connectivity index (χ1) is 14.9. The molecule has 0 atom stereocenters. The number of aromatic nitrogens is 2. The normalized spacial score (nSPS) is 14.0. The standard InChI is InChI=1S/C21H21N3O6S/c1-28-14-9-7-13(8-10-14)24-20(16-11-31(26,27)12-17(16)23-24)22-21(25)15-5-4-6-18(29-2)19(15)30-3/h4-10H,11-12H2,1-3H3,(H,22,25). The predicted octanol–water partition coefficient (Wildman–Crippen LogP) is 2.58. The molecule has 0 spiro atoms. The van der Waals surface area contributed by atoms with Gasteiger partial charge in [0.1, 0.15) is 11.6 Å². The summed E-state index contributed by atoms with van der Waals surface area (Å²) >= 11 is 0. The molecule has 3 aromatic rings. The van der Waals surface area contributed by atoms with Crippen LogP contribution in [0.3, 0.4) is 0 Å². The third-order valence-electron chi connectivity index (χ3n) is 4.98. The van der Waals surface area contributed by atoms with Gasteiger partial charge in [0.15, 0.2) is 21.3 Å². The van der Waals surface area contributed by atoms with Crippen LogP contribution < -0.4 is 19.5 Å². The van der Waals surface area contributed by atoms with Crippen molar-refractivity contribution in [2.75, 3.05) is 26.6 Å². The summed E-state index contributed by atoms with van der Waals surface area (Å²) in [5, 5.41) is 7.29. The Kier molecular flexibility index (Phi) is 5.32. The van der Waals surface area contributed by atoms with E-state index in [1.807, 2.05) is 0 Å². The van der Waals surface area contributed by atoms with Crippen LogP contribution in [0.15, 0.2) is 42.5 Å². The highest BCUT2D eigenvalue weighted by Gasteiger charge is 2.33. The van der Waals surface area contributed by atoms with Gasteiger partial charge in [0.05, 0.1) is 49.8 Å². The SMILES string of the molecule is COc1ccc(-n2nc3c(c2NC(=O)c2cccc(OC)c2OC)CS(=O)(=O)C3)cc1. The Morgan fingerprint density at radius 3 is 2.39 bits per heavy atom. The molecule has 1 N–H and O–H groups in total. The molecule has 10 heteroatoms. The van der Waals surface area contributed by atoms with Gasteiger partial charge < -0.3 is 19.5 Å². The molecule has 0 saturated carbocycles. The number of rotatable bonds is 6. The number of hydrogen-bond donors (Lipinski definition) is 1. The van der Waals surface area contributed by atoms with Crippen molar-refractivity contribution in [3.05, 3.63) is 59.3 Å². The molecular formula is C21H21N3O6S. The fourth-order valence-electron chi connectivity index (χ4n) is 3.52. The lowest BCUT2D eigenvalue weighted by Gasteiger charge is -2.14. The number of benzene rings is 2. The second-order valence-corrected chi connectivity index (χ2v) is 8.98. The van der Waals surface area contributed by atoms with E-state index in [2.05, 4.69) is 10.4 Å². The van der Waals surface area contributed by atoms with Crippen molar-refractivity contribution in [3.8, 4) is 22.9 Å². The molecule has 0 fully saturated rings. The van der Waals surface area contributed by atoms with Gasteiger partial charge in [0.2, 0.25) is 0 Å². The van der Waals surface area contributed by atoms with Gasteiger partial charge in [-0.25, -0.2) is 13.1 Å². The van der Waals surface area contributed by atoms with E-state index < -0.39 is 15.7 Å². The Labute approximate surface area is 179 Å². The maximum atomic E-state index is 13.1. The van der Waals surface area contributed by atoms with E-state index in [-0.39, 0.29) is 22.8 Å². The average molecular weight is 443 g/mol. The smallest absolute Gasteiger partial charge is 0.260 e. The van der Waals surface area contributed by atoms with Crippen molar-refractivity contribution in [2.45, 2.75) is 11.5 Å². The second-order valence-electron chi connectivity index (χ2n) is 6.91. The number of nitrogens with one attached hydrogen (secondary N) is 1. The van der Waals surface area contributed by atoms with E-state index in [4.69, 9.17) is 14.2 Å². The Morgan fingerprint density at radius 1 is 1.00 bits per heavy atom. The van der Waals surface area contributed by atoms with Crippen LogP contribution in [-0.2, 0) is 21.3 Å². The molecule has 1 aliphatic heterocycles. The fraction of sp³-hybridized carbons (Fsp3) is 0.238. The minimum Gasteiger partial charge on any atom is -0.497 e. The minimum absolute atomic E-state index is 0.170. The van der Waals surface area contributed by atoms with Gasteiger partial charge in [-0.3, -0.25) is 4.79 Å². The summed E-state index contributed by atoms with van der Waals surface area (Å²) in [4.78, 5) is 13.1. The molecule has 31 heavy (non-hydrogen) atoms. The third-order valence-corrected chi connectivity index (χ3v) is 6.43. The number of anilines is 1. The fourth-order valence-corrected chi connectivity index (χ4v) is 5.02. The van der Waals surface area contributed by atoms with Crippen molar-refractivity contribution < 1.29 is 27.4 Å². The number of sulfone groups is 1. The first-order valence-electron chi connectivity index (χ1n) is 9.35. The number of methoxy groups -OCH3 is 3. The second kappa shape index (κ2) is 7.95. The van der Waals surface area contributed by atoms with Crippen LogP contribution in [-0.4, -0.2) is 45.4 Å². The first kappa shape index (κ1) is 20.7. The summed E-state index contributed by atoms with van der Waals surface area (Å²) in [6, 6.07) is 12.0. The number of para-hydroxylation sites is 1. The van der Waals surface area contributed by atoms with Crippen LogP contribution in [0.1, 0.15) is 21.6 Å². The third kappa shape index (κ3) is 3.81. The molecule has 1 amide bonds. The molecule has 0 bridgehead atoms. The van der Waals surface area contributed by atoms with Crippen LogP contribution >= 0.6 is 0 Å². The van der Waals surface area contributed by atoms with E-state index in [1.54, 1.807) is 49.6 Å². The molecule has 0 saturated heterocycles. The van der Waals surface area contributed by atoms with E-state index >= 15 is 0 Å². The van der Waals surface area contributed by atoms with Crippen LogP contribution in [0.5, 0.6) is 17.2 Å².